The van der Waals surface area contributed by atoms with Gasteiger partial charge in [-0.25, -0.2) is 4.79 Å². The van der Waals surface area contributed by atoms with Gasteiger partial charge in [-0.05, 0) is 24.6 Å². The van der Waals surface area contributed by atoms with E-state index in [0.717, 1.165) is 5.56 Å². The fourth-order valence-electron chi connectivity index (χ4n) is 2.05. The van der Waals surface area contributed by atoms with Crippen LogP contribution in [0.1, 0.15) is 21.5 Å². The second-order valence-electron chi connectivity index (χ2n) is 5.10. The molecule has 0 saturated heterocycles. The summed E-state index contributed by atoms with van der Waals surface area (Å²) in [6, 6.07) is 13.2. The standard InChI is InChI=1S/C17H16N2O5/c1-12-9-14(7-8-15(12)19(22)23)17(21)24-11-16(20)18-10-13-5-3-2-4-6-13/h2-9H,10-11H2,1H3,(H,18,20). The minimum atomic E-state index is -0.706. The van der Waals surface area contributed by atoms with Crippen LogP contribution < -0.4 is 5.32 Å². The first-order chi connectivity index (χ1) is 11.5. The Morgan fingerprint density at radius 2 is 1.88 bits per heavy atom. The van der Waals surface area contributed by atoms with Gasteiger partial charge in [-0.15, -0.1) is 0 Å². The fourth-order valence-corrected chi connectivity index (χ4v) is 2.05. The van der Waals surface area contributed by atoms with E-state index in [-0.39, 0.29) is 11.3 Å². The quantitative estimate of drug-likeness (QED) is 0.499. The SMILES string of the molecule is Cc1cc(C(=O)OCC(=O)NCc2ccccc2)ccc1[N+](=O)[O-]. The van der Waals surface area contributed by atoms with Gasteiger partial charge in [0, 0.05) is 18.2 Å². The van der Waals surface area contributed by atoms with E-state index in [0.29, 0.717) is 12.1 Å². The number of hydrogen-bond donors (Lipinski definition) is 1. The van der Waals surface area contributed by atoms with Gasteiger partial charge in [-0.2, -0.15) is 0 Å². The molecule has 0 radical (unpaired) electrons. The maximum atomic E-state index is 11.9. The van der Waals surface area contributed by atoms with Gasteiger partial charge in [0.1, 0.15) is 0 Å². The highest BCUT2D eigenvalue weighted by Gasteiger charge is 2.15. The normalized spacial score (nSPS) is 10.0. The molecule has 0 aliphatic heterocycles. The van der Waals surface area contributed by atoms with Gasteiger partial charge in [0.15, 0.2) is 6.61 Å². The van der Waals surface area contributed by atoms with Gasteiger partial charge in [0.2, 0.25) is 0 Å². The molecule has 7 nitrogen and oxygen atoms in total. The van der Waals surface area contributed by atoms with Crippen molar-refractivity contribution in [1.29, 1.82) is 0 Å². The highest BCUT2D eigenvalue weighted by molar-refractivity contribution is 5.91. The third kappa shape index (κ3) is 4.64. The predicted molar refractivity (Wildman–Crippen MR) is 86.4 cm³/mol. The van der Waals surface area contributed by atoms with Gasteiger partial charge in [-0.1, -0.05) is 30.3 Å². The predicted octanol–water partition coefficient (Wildman–Crippen LogP) is 2.38. The largest absolute Gasteiger partial charge is 0.452 e. The number of nitro groups is 1. The van der Waals surface area contributed by atoms with Crippen molar-refractivity contribution in [1.82, 2.24) is 5.32 Å². The Morgan fingerprint density at radius 3 is 2.50 bits per heavy atom. The van der Waals surface area contributed by atoms with Gasteiger partial charge in [-0.3, -0.25) is 14.9 Å². The van der Waals surface area contributed by atoms with Crippen LogP contribution in [0.4, 0.5) is 5.69 Å². The number of aryl methyl sites for hydroxylation is 1. The third-order valence-electron chi connectivity index (χ3n) is 3.30. The van der Waals surface area contributed by atoms with Crippen molar-refractivity contribution >= 4 is 17.6 Å². The summed E-state index contributed by atoms with van der Waals surface area (Å²) in [6.45, 7) is 1.46. The molecule has 1 amide bonds. The minimum Gasteiger partial charge on any atom is -0.452 e. The van der Waals surface area contributed by atoms with E-state index in [1.807, 2.05) is 30.3 Å². The lowest BCUT2D eigenvalue weighted by Crippen LogP contribution is -2.28. The number of nitro benzene ring substituents is 1. The van der Waals surface area contributed by atoms with Gasteiger partial charge < -0.3 is 10.1 Å². The van der Waals surface area contributed by atoms with Crippen LogP contribution in [0.3, 0.4) is 0 Å². The van der Waals surface area contributed by atoms with Crippen molar-refractivity contribution in [3.63, 3.8) is 0 Å². The Labute approximate surface area is 138 Å². The molecule has 124 valence electrons. The van der Waals surface area contributed by atoms with Crippen LogP contribution in [-0.4, -0.2) is 23.4 Å². The average Bonchev–Trinajstić information content (AvgIpc) is 2.58. The summed E-state index contributed by atoms with van der Waals surface area (Å²) < 4.78 is 4.91. The number of amides is 1. The number of nitrogens with zero attached hydrogens (tertiary/aromatic N) is 1. The van der Waals surface area contributed by atoms with Crippen molar-refractivity contribution in [2.24, 2.45) is 0 Å². The smallest absolute Gasteiger partial charge is 0.338 e. The van der Waals surface area contributed by atoms with Crippen LogP contribution in [-0.2, 0) is 16.1 Å². The Kier molecular flexibility index (Phi) is 5.62. The van der Waals surface area contributed by atoms with Crippen molar-refractivity contribution in [3.05, 3.63) is 75.3 Å². The fraction of sp³-hybridized carbons (Fsp3) is 0.176. The number of nitrogens with one attached hydrogen (secondary N) is 1. The molecule has 2 aromatic rings. The molecule has 2 rings (SSSR count). The molecule has 0 heterocycles. The second-order valence-corrected chi connectivity index (χ2v) is 5.10. The summed E-state index contributed by atoms with van der Waals surface area (Å²) in [7, 11) is 0. The molecule has 0 unspecified atom stereocenters. The molecule has 0 fully saturated rings. The van der Waals surface area contributed by atoms with E-state index < -0.39 is 23.4 Å². The van der Waals surface area contributed by atoms with Crippen LogP contribution in [0, 0.1) is 17.0 Å². The van der Waals surface area contributed by atoms with E-state index in [4.69, 9.17) is 4.74 Å². The molecule has 1 N–H and O–H groups in total. The van der Waals surface area contributed by atoms with E-state index in [9.17, 15) is 19.7 Å². The molecule has 0 spiro atoms. The third-order valence-corrected chi connectivity index (χ3v) is 3.30. The maximum Gasteiger partial charge on any atom is 0.338 e. The molecular weight excluding hydrogens is 312 g/mol. The summed E-state index contributed by atoms with van der Waals surface area (Å²) in [6.07, 6.45) is 0. The first-order valence-electron chi connectivity index (χ1n) is 7.20. The zero-order valence-electron chi connectivity index (χ0n) is 13.0. The Bertz CT molecular complexity index is 759. The number of ether oxygens (including phenoxy) is 1. The topological polar surface area (TPSA) is 98.5 Å². The Hall–Kier alpha value is -3.22. The Balaban J connectivity index is 1.85. The summed E-state index contributed by atoms with van der Waals surface area (Å²) in [5.41, 5.74) is 1.37. The number of hydrogen-bond acceptors (Lipinski definition) is 5. The lowest BCUT2D eigenvalue weighted by atomic mass is 10.1. The van der Waals surface area contributed by atoms with Gasteiger partial charge in [0.25, 0.3) is 11.6 Å². The monoisotopic (exact) mass is 328 g/mol. The molecule has 0 aromatic heterocycles. The van der Waals surface area contributed by atoms with E-state index in [2.05, 4.69) is 5.32 Å². The van der Waals surface area contributed by atoms with Crippen LogP contribution >= 0.6 is 0 Å². The van der Waals surface area contributed by atoms with Crippen molar-refractivity contribution in [2.75, 3.05) is 6.61 Å². The van der Waals surface area contributed by atoms with E-state index >= 15 is 0 Å². The lowest BCUT2D eigenvalue weighted by molar-refractivity contribution is -0.385. The lowest BCUT2D eigenvalue weighted by Gasteiger charge is -2.07. The summed E-state index contributed by atoms with van der Waals surface area (Å²) in [4.78, 5) is 33.8. The minimum absolute atomic E-state index is 0.0767. The highest BCUT2D eigenvalue weighted by atomic mass is 16.6. The summed E-state index contributed by atoms with van der Waals surface area (Å²) >= 11 is 0. The number of benzene rings is 2. The molecule has 2 aromatic carbocycles. The van der Waals surface area contributed by atoms with E-state index in [1.165, 1.54) is 25.1 Å². The zero-order chi connectivity index (χ0) is 17.5. The molecule has 0 bridgehead atoms. The molecule has 0 saturated carbocycles. The molecule has 7 heteroatoms. The van der Waals surface area contributed by atoms with Crippen LogP contribution in [0.5, 0.6) is 0 Å². The summed E-state index contributed by atoms with van der Waals surface area (Å²) in [5.74, 6) is -1.13. The van der Waals surface area contributed by atoms with Crippen LogP contribution in [0.2, 0.25) is 0 Å². The molecule has 0 aliphatic rings. The molecule has 24 heavy (non-hydrogen) atoms. The maximum absolute atomic E-state index is 11.9. The van der Waals surface area contributed by atoms with Gasteiger partial charge >= 0.3 is 5.97 Å². The molecule has 0 atom stereocenters. The highest BCUT2D eigenvalue weighted by Crippen LogP contribution is 2.19. The van der Waals surface area contributed by atoms with Crippen LogP contribution in [0.25, 0.3) is 0 Å². The average molecular weight is 328 g/mol. The van der Waals surface area contributed by atoms with Crippen molar-refractivity contribution in [3.8, 4) is 0 Å². The second kappa shape index (κ2) is 7.87. The molecular formula is C17H16N2O5. The Morgan fingerprint density at radius 1 is 1.17 bits per heavy atom. The van der Waals surface area contributed by atoms with Gasteiger partial charge in [0.05, 0.1) is 10.5 Å². The number of esters is 1. The number of carbonyl (C=O) groups excluding carboxylic acids is 2. The van der Waals surface area contributed by atoms with Crippen molar-refractivity contribution in [2.45, 2.75) is 13.5 Å². The molecule has 0 aliphatic carbocycles. The number of carbonyl (C=O) groups is 2. The first-order valence-corrected chi connectivity index (χ1v) is 7.20. The zero-order valence-corrected chi connectivity index (χ0v) is 13.0. The van der Waals surface area contributed by atoms with E-state index in [1.54, 1.807) is 0 Å². The first kappa shape index (κ1) is 17.1. The number of rotatable bonds is 6. The van der Waals surface area contributed by atoms with Crippen LogP contribution in [0.15, 0.2) is 48.5 Å². The van der Waals surface area contributed by atoms with Crippen molar-refractivity contribution < 1.29 is 19.2 Å². The summed E-state index contributed by atoms with van der Waals surface area (Å²) in [5, 5.41) is 13.4.